The van der Waals surface area contributed by atoms with Gasteiger partial charge >= 0.3 is 6.03 Å². The van der Waals surface area contributed by atoms with Crippen molar-refractivity contribution in [1.82, 2.24) is 20.4 Å². The zero-order chi connectivity index (χ0) is 20.4. The molecule has 4 rings (SSSR count). The summed E-state index contributed by atoms with van der Waals surface area (Å²) in [6, 6.07) is 16.7. The van der Waals surface area contributed by atoms with E-state index in [1.54, 1.807) is 12.0 Å². The molecule has 1 N–H and O–H groups in total. The minimum Gasteiger partial charge on any atom is -0.497 e. The fourth-order valence-electron chi connectivity index (χ4n) is 3.55. The van der Waals surface area contributed by atoms with E-state index >= 15 is 0 Å². The first-order chi connectivity index (χ1) is 14.1. The number of allylic oxidation sites excluding steroid dienone is 1. The Kier molecular flexibility index (Phi) is 5.03. The average molecular weight is 390 g/mol. The Hall–Kier alpha value is -3.61. The molecule has 2 heterocycles. The molecule has 29 heavy (non-hydrogen) atoms. The van der Waals surface area contributed by atoms with Crippen LogP contribution in [0.3, 0.4) is 0 Å². The summed E-state index contributed by atoms with van der Waals surface area (Å²) >= 11 is 0. The molecular weight excluding hydrogens is 368 g/mol. The summed E-state index contributed by atoms with van der Waals surface area (Å²) in [6.45, 7) is 4.38. The van der Waals surface area contributed by atoms with E-state index in [-0.39, 0.29) is 12.1 Å². The molecule has 0 spiro atoms. The molecule has 1 aromatic heterocycles. The zero-order valence-electron chi connectivity index (χ0n) is 16.5. The van der Waals surface area contributed by atoms with Gasteiger partial charge in [-0.05, 0) is 31.5 Å². The minimum absolute atomic E-state index is 0.143. The van der Waals surface area contributed by atoms with E-state index in [9.17, 15) is 4.79 Å². The van der Waals surface area contributed by atoms with Gasteiger partial charge in [-0.1, -0.05) is 47.6 Å². The summed E-state index contributed by atoms with van der Waals surface area (Å²) in [4.78, 5) is 18.9. The van der Waals surface area contributed by atoms with Crippen LogP contribution in [0.5, 0.6) is 5.75 Å². The third-order valence-electron chi connectivity index (χ3n) is 5.03. The molecule has 0 saturated carbocycles. The van der Waals surface area contributed by atoms with Crippen molar-refractivity contribution in [3.05, 3.63) is 71.7 Å². The van der Waals surface area contributed by atoms with Crippen molar-refractivity contribution in [3.63, 3.8) is 0 Å². The van der Waals surface area contributed by atoms with Gasteiger partial charge in [-0.15, -0.1) is 0 Å². The molecule has 0 aliphatic carbocycles. The Morgan fingerprint density at radius 3 is 2.69 bits per heavy atom. The predicted molar refractivity (Wildman–Crippen MR) is 109 cm³/mol. The molecule has 0 radical (unpaired) electrons. The molecule has 1 aliphatic heterocycles. The Morgan fingerprint density at radius 1 is 1.17 bits per heavy atom. The fraction of sp³-hybridized carbons (Fsp3) is 0.227. The molecule has 0 bridgehead atoms. The maximum atomic E-state index is 12.6. The highest BCUT2D eigenvalue weighted by atomic mass is 16.5. The van der Waals surface area contributed by atoms with E-state index in [2.05, 4.69) is 15.5 Å². The Balaban J connectivity index is 1.80. The van der Waals surface area contributed by atoms with Crippen LogP contribution >= 0.6 is 0 Å². The van der Waals surface area contributed by atoms with Gasteiger partial charge in [-0.25, -0.2) is 4.79 Å². The monoisotopic (exact) mass is 390 g/mol. The molecular formula is C22H22N4O3. The molecule has 1 unspecified atom stereocenters. The standard InChI is InChI=1S/C22H22N4O3/c1-4-26-14(2)18(19(23-22(26)27)15-9-6-5-7-10-15)21-24-20(25-29-21)16-11-8-12-17(13-16)28-3/h5-13,19H,4H2,1-3H3,(H,23,27). The number of aromatic nitrogens is 2. The summed E-state index contributed by atoms with van der Waals surface area (Å²) in [5, 5.41) is 7.22. The number of methoxy groups -OCH3 is 1. The van der Waals surface area contributed by atoms with Crippen molar-refractivity contribution >= 4 is 11.6 Å². The van der Waals surface area contributed by atoms with E-state index in [1.807, 2.05) is 68.4 Å². The average Bonchev–Trinajstić information content (AvgIpc) is 3.24. The number of hydrogen-bond donors (Lipinski definition) is 1. The number of rotatable bonds is 5. The van der Waals surface area contributed by atoms with Gasteiger partial charge in [0.2, 0.25) is 5.82 Å². The normalized spacial score (nSPS) is 16.7. The highest BCUT2D eigenvalue weighted by Gasteiger charge is 2.35. The van der Waals surface area contributed by atoms with Gasteiger partial charge in [0.1, 0.15) is 5.75 Å². The van der Waals surface area contributed by atoms with Crippen LogP contribution in [0.15, 0.2) is 64.8 Å². The lowest BCUT2D eigenvalue weighted by Gasteiger charge is -2.34. The van der Waals surface area contributed by atoms with Crippen LogP contribution in [-0.4, -0.2) is 34.7 Å². The van der Waals surface area contributed by atoms with E-state index in [0.29, 0.717) is 24.0 Å². The third-order valence-corrected chi connectivity index (χ3v) is 5.03. The number of amides is 2. The predicted octanol–water partition coefficient (Wildman–Crippen LogP) is 4.26. The lowest BCUT2D eigenvalue weighted by Crippen LogP contribution is -2.45. The lowest BCUT2D eigenvalue weighted by molar-refractivity contribution is 0.207. The number of urea groups is 1. The summed E-state index contributed by atoms with van der Waals surface area (Å²) < 4.78 is 10.9. The SMILES string of the molecule is CCN1C(=O)NC(c2ccccc2)C(c2nc(-c3cccc(OC)c3)no2)=C1C. The van der Waals surface area contributed by atoms with E-state index in [4.69, 9.17) is 9.26 Å². The van der Waals surface area contributed by atoms with Crippen molar-refractivity contribution < 1.29 is 14.1 Å². The van der Waals surface area contributed by atoms with Crippen molar-refractivity contribution in [3.8, 4) is 17.1 Å². The number of benzene rings is 2. The summed E-state index contributed by atoms with van der Waals surface area (Å²) in [5.74, 6) is 1.56. The highest BCUT2D eigenvalue weighted by molar-refractivity contribution is 5.86. The summed E-state index contributed by atoms with van der Waals surface area (Å²) in [7, 11) is 1.61. The lowest BCUT2D eigenvalue weighted by atomic mass is 9.95. The summed E-state index contributed by atoms with van der Waals surface area (Å²) in [5.41, 5.74) is 3.33. The maximum absolute atomic E-state index is 12.6. The van der Waals surface area contributed by atoms with Crippen LogP contribution < -0.4 is 10.1 Å². The van der Waals surface area contributed by atoms with Gasteiger partial charge in [0.05, 0.1) is 18.7 Å². The van der Waals surface area contributed by atoms with Crippen molar-refractivity contribution in [1.29, 1.82) is 0 Å². The van der Waals surface area contributed by atoms with Crippen molar-refractivity contribution in [2.24, 2.45) is 0 Å². The largest absolute Gasteiger partial charge is 0.497 e. The number of hydrogen-bond acceptors (Lipinski definition) is 5. The molecule has 0 saturated heterocycles. The molecule has 1 aliphatic rings. The molecule has 3 aromatic rings. The first-order valence-corrected chi connectivity index (χ1v) is 9.44. The van der Waals surface area contributed by atoms with Gasteiger partial charge in [0.25, 0.3) is 5.89 Å². The second kappa shape index (κ2) is 7.79. The van der Waals surface area contributed by atoms with E-state index < -0.39 is 0 Å². The Labute approximate surface area is 169 Å². The number of ether oxygens (including phenoxy) is 1. The highest BCUT2D eigenvalue weighted by Crippen LogP contribution is 2.37. The first kappa shape index (κ1) is 18.7. The molecule has 2 aromatic carbocycles. The van der Waals surface area contributed by atoms with Crippen LogP contribution in [0.1, 0.15) is 31.3 Å². The second-order valence-corrected chi connectivity index (χ2v) is 6.69. The molecule has 1 atom stereocenters. The third kappa shape index (κ3) is 3.47. The van der Waals surface area contributed by atoms with Crippen LogP contribution in [0.2, 0.25) is 0 Å². The second-order valence-electron chi connectivity index (χ2n) is 6.69. The quantitative estimate of drug-likeness (QED) is 0.704. The number of carbonyl (C=O) groups is 1. The maximum Gasteiger partial charge on any atom is 0.322 e. The number of carbonyl (C=O) groups excluding carboxylic acids is 1. The molecule has 2 amide bonds. The van der Waals surface area contributed by atoms with E-state index in [1.165, 1.54) is 0 Å². The Morgan fingerprint density at radius 2 is 1.97 bits per heavy atom. The zero-order valence-corrected chi connectivity index (χ0v) is 16.5. The fourth-order valence-corrected chi connectivity index (χ4v) is 3.55. The van der Waals surface area contributed by atoms with Crippen LogP contribution in [-0.2, 0) is 0 Å². The summed E-state index contributed by atoms with van der Waals surface area (Å²) in [6.07, 6.45) is 0. The van der Waals surface area contributed by atoms with Crippen molar-refractivity contribution in [2.75, 3.05) is 13.7 Å². The van der Waals surface area contributed by atoms with Gasteiger partial charge in [0.15, 0.2) is 0 Å². The van der Waals surface area contributed by atoms with E-state index in [0.717, 1.165) is 22.4 Å². The topological polar surface area (TPSA) is 80.5 Å². The van der Waals surface area contributed by atoms with Gasteiger partial charge in [-0.2, -0.15) is 4.98 Å². The Bertz CT molecular complexity index is 1060. The minimum atomic E-state index is -0.370. The molecule has 0 fully saturated rings. The number of nitrogens with one attached hydrogen (secondary N) is 1. The van der Waals surface area contributed by atoms with Gasteiger partial charge in [-0.3, -0.25) is 4.90 Å². The molecule has 148 valence electrons. The van der Waals surface area contributed by atoms with Crippen LogP contribution in [0.25, 0.3) is 17.0 Å². The van der Waals surface area contributed by atoms with Gasteiger partial charge in [0, 0.05) is 17.8 Å². The van der Waals surface area contributed by atoms with Gasteiger partial charge < -0.3 is 14.6 Å². The molecule has 7 heteroatoms. The molecule has 7 nitrogen and oxygen atoms in total. The first-order valence-electron chi connectivity index (χ1n) is 9.44. The van der Waals surface area contributed by atoms with Crippen molar-refractivity contribution in [2.45, 2.75) is 19.9 Å². The smallest absolute Gasteiger partial charge is 0.322 e. The van der Waals surface area contributed by atoms with Crippen LogP contribution in [0, 0.1) is 0 Å². The van der Waals surface area contributed by atoms with Crippen LogP contribution in [0.4, 0.5) is 4.79 Å². The number of nitrogens with zero attached hydrogens (tertiary/aromatic N) is 3.